The largest absolute Gasteiger partial charge is 1.00 e. The quantitative estimate of drug-likeness (QED) is 0.391. The second-order valence-corrected chi connectivity index (χ2v) is 1.84. The Balaban J connectivity index is 0. The van der Waals surface area contributed by atoms with Gasteiger partial charge in [-0.1, -0.05) is 0 Å². The average Bonchev–Trinajstić information content (AvgIpc) is 1.82. The predicted octanol–water partition coefficient (Wildman–Crippen LogP) is -11.1. The van der Waals surface area contributed by atoms with Crippen LogP contribution in [0, 0.1) is 0 Å². The van der Waals surface area contributed by atoms with E-state index in [0.29, 0.717) is 0 Å². The molecule has 0 aromatic heterocycles. The van der Waals surface area contributed by atoms with Gasteiger partial charge in [0, 0.05) is 0 Å². The first-order chi connectivity index (χ1) is 5.24. The van der Waals surface area contributed by atoms with E-state index in [0.717, 1.165) is 0 Å². The molecule has 2 N–H and O–H groups in total. The summed E-state index contributed by atoms with van der Waals surface area (Å²) in [5.74, 6) is 0. The molecule has 2 saturated heterocycles. The maximum absolute atomic E-state index is 10.5. The molecule has 0 spiro atoms. The molecule has 14 heavy (non-hydrogen) atoms. The van der Waals surface area contributed by atoms with Crippen LogP contribution in [-0.4, -0.2) is 34.8 Å². The molecule has 0 amide bonds. The van der Waals surface area contributed by atoms with Gasteiger partial charge in [0.2, 0.25) is 0 Å². The smallest absolute Gasteiger partial charge is 0.833 e. The van der Waals surface area contributed by atoms with Crippen LogP contribution in [0.3, 0.4) is 0 Å². The first-order valence-electron chi connectivity index (χ1n) is 2.83. The van der Waals surface area contributed by atoms with Crippen molar-refractivity contribution in [2.24, 2.45) is 0 Å². The van der Waals surface area contributed by atoms with E-state index in [-0.39, 0.29) is 108 Å². The van der Waals surface area contributed by atoms with Gasteiger partial charge in [-0.2, -0.15) is 0 Å². The molecule has 2 heterocycles. The third-order valence-corrected chi connectivity index (χ3v) is 1.11. The molecule has 2 rings (SSSR count). The summed E-state index contributed by atoms with van der Waals surface area (Å²) in [6, 6.07) is 0. The van der Waals surface area contributed by atoms with Crippen LogP contribution in [0.4, 0.5) is 0 Å². The van der Waals surface area contributed by atoms with Crippen LogP contribution in [0.1, 0.15) is 0 Å². The Bertz CT molecular complexity index is 125. The molecule has 0 aliphatic carbocycles. The zero-order valence-electron chi connectivity index (χ0n) is 7.67. The van der Waals surface area contributed by atoms with Crippen molar-refractivity contribution in [2.75, 3.05) is 0 Å². The van der Waals surface area contributed by atoms with Crippen molar-refractivity contribution in [1.29, 1.82) is 0 Å². The van der Waals surface area contributed by atoms with Crippen molar-refractivity contribution < 1.29 is 141 Å². The number of hydrogen-bond donors (Lipinski definition) is 0. The van der Waals surface area contributed by atoms with Crippen LogP contribution in [0.25, 0.3) is 0 Å². The summed E-state index contributed by atoms with van der Waals surface area (Å²) in [5, 5.41) is 21.0. The summed E-state index contributed by atoms with van der Waals surface area (Å²) in [6.45, 7) is 0. The van der Waals surface area contributed by atoms with Gasteiger partial charge in [-0.05, 0) is 0 Å². The molecule has 0 aromatic rings. The fourth-order valence-electron chi connectivity index (χ4n) is 0.710. The standard InChI is InChI=1S/B4O7.2K.H2O/c5-1-7-3-9-2(6)10-4(8-1)11-3;;;/h;;;1H2/q-2;2*+1;. The third-order valence-electron chi connectivity index (χ3n) is 1.11. The van der Waals surface area contributed by atoms with Gasteiger partial charge in [-0.3, -0.25) is 0 Å². The minimum atomic E-state index is -1.73. The van der Waals surface area contributed by atoms with E-state index in [1.165, 1.54) is 0 Å². The first kappa shape index (κ1) is 19.5. The van der Waals surface area contributed by atoms with E-state index in [2.05, 4.69) is 22.9 Å². The van der Waals surface area contributed by atoms with Gasteiger partial charge >= 0.3 is 132 Å². The van der Waals surface area contributed by atoms with Crippen molar-refractivity contribution in [2.45, 2.75) is 0 Å². The molecule has 8 nitrogen and oxygen atoms in total. The van der Waals surface area contributed by atoms with Gasteiger partial charge in [0.1, 0.15) is 0 Å². The molecule has 0 atom stereocenters. The van der Waals surface area contributed by atoms with E-state index >= 15 is 0 Å². The summed E-state index contributed by atoms with van der Waals surface area (Å²) < 4.78 is 21.9. The summed E-state index contributed by atoms with van der Waals surface area (Å²) in [7, 11) is -6.00. The van der Waals surface area contributed by atoms with Crippen LogP contribution in [0.5, 0.6) is 0 Å². The fourth-order valence-corrected chi connectivity index (χ4v) is 0.710. The van der Waals surface area contributed by atoms with Gasteiger partial charge in [-0.15, -0.1) is 0 Å². The second kappa shape index (κ2) is 9.18. The number of hydrogen-bond acceptors (Lipinski definition) is 7. The first-order valence-corrected chi connectivity index (χ1v) is 2.83. The van der Waals surface area contributed by atoms with Crippen molar-refractivity contribution in [3.8, 4) is 0 Å². The molecule has 2 bridgehead atoms. The summed E-state index contributed by atoms with van der Waals surface area (Å²) in [5.41, 5.74) is 0. The molecule has 2 aliphatic rings. The molecule has 0 aromatic carbocycles. The molecule has 2 aliphatic heterocycles. The maximum atomic E-state index is 10.5. The van der Waals surface area contributed by atoms with Crippen molar-refractivity contribution >= 4 is 29.3 Å². The Morgan fingerprint density at radius 2 is 0.929 bits per heavy atom. The summed E-state index contributed by atoms with van der Waals surface area (Å²) in [4.78, 5) is 0. The van der Waals surface area contributed by atoms with Crippen LogP contribution in [0.15, 0.2) is 0 Å². The Morgan fingerprint density at radius 1 is 0.643 bits per heavy atom. The van der Waals surface area contributed by atoms with E-state index in [9.17, 15) is 10.0 Å². The fraction of sp³-hybridized carbons (Fsp3) is 0. The van der Waals surface area contributed by atoms with Crippen molar-refractivity contribution in [3.05, 3.63) is 0 Å². The monoisotopic (exact) mass is 252 g/mol. The van der Waals surface area contributed by atoms with Crippen LogP contribution in [-0.2, 0) is 22.9 Å². The molecular formula is H2B4K2O8. The van der Waals surface area contributed by atoms with E-state index in [4.69, 9.17) is 0 Å². The van der Waals surface area contributed by atoms with Crippen molar-refractivity contribution in [3.63, 3.8) is 0 Å². The van der Waals surface area contributed by atoms with Gasteiger partial charge in [0.15, 0.2) is 0 Å². The van der Waals surface area contributed by atoms with E-state index in [1.807, 2.05) is 0 Å². The molecule has 2 fully saturated rings. The summed E-state index contributed by atoms with van der Waals surface area (Å²) in [6.07, 6.45) is 0. The number of rotatable bonds is 0. The van der Waals surface area contributed by atoms with Gasteiger partial charge in [0.05, 0.1) is 0 Å². The third kappa shape index (κ3) is 5.70. The zero-order chi connectivity index (χ0) is 7.84. The van der Waals surface area contributed by atoms with Crippen LogP contribution >= 0.6 is 0 Å². The molecular weight excluding hydrogens is 249 g/mol. The Kier molecular flexibility index (Phi) is 12.8. The Hall–Kier alpha value is 3.21. The molecule has 0 saturated carbocycles. The van der Waals surface area contributed by atoms with Gasteiger partial charge in [-0.25, -0.2) is 0 Å². The summed E-state index contributed by atoms with van der Waals surface area (Å²) >= 11 is 0. The topological polar surface area (TPSA) is 124 Å². The Morgan fingerprint density at radius 3 is 1.21 bits per heavy atom. The molecule has 0 radical (unpaired) electrons. The normalized spacial score (nSPS) is 19.3. The maximum Gasteiger partial charge on any atom is 1.00 e. The second-order valence-electron chi connectivity index (χ2n) is 1.84. The average molecular weight is 251 g/mol. The van der Waals surface area contributed by atoms with Crippen LogP contribution in [0.2, 0.25) is 0 Å². The molecule has 14 heteroatoms. The minimum Gasteiger partial charge on any atom is -0.833 e. The minimum absolute atomic E-state index is 0. The van der Waals surface area contributed by atoms with Gasteiger partial charge in [0.25, 0.3) is 0 Å². The van der Waals surface area contributed by atoms with E-state index in [1.54, 1.807) is 0 Å². The van der Waals surface area contributed by atoms with Crippen LogP contribution < -0.4 is 113 Å². The van der Waals surface area contributed by atoms with E-state index < -0.39 is 29.3 Å². The van der Waals surface area contributed by atoms with Gasteiger partial charge < -0.3 is 38.4 Å². The predicted molar refractivity (Wildman–Crippen MR) is 32.1 cm³/mol. The molecule has 0 unspecified atom stereocenters. The zero-order valence-corrected chi connectivity index (χ0v) is 13.9. The Labute approximate surface area is 167 Å². The number of fused-ring (bicyclic) bond motifs is 2. The SMILES string of the molecule is O.[K+].[K+].[O-]B1OB2OB([O-])OB(O1)O2. The van der Waals surface area contributed by atoms with Crippen molar-refractivity contribution in [1.82, 2.24) is 0 Å². The molecule has 64 valence electrons.